The van der Waals surface area contributed by atoms with E-state index in [1.165, 1.54) is 6.42 Å². The van der Waals surface area contributed by atoms with E-state index in [0.717, 1.165) is 37.0 Å². The van der Waals surface area contributed by atoms with Crippen LogP contribution in [0.5, 0.6) is 0 Å². The van der Waals surface area contributed by atoms with Gasteiger partial charge in [-0.15, -0.1) is 0 Å². The molecule has 0 radical (unpaired) electrons. The molecular weight excluding hydrogens is 152 g/mol. The van der Waals surface area contributed by atoms with Gasteiger partial charge in [-0.2, -0.15) is 0 Å². The number of nitrogens with zero attached hydrogens (tertiary/aromatic N) is 1. The molecule has 3 aliphatic heterocycles. The van der Waals surface area contributed by atoms with Gasteiger partial charge in [0.25, 0.3) is 0 Å². The van der Waals surface area contributed by atoms with Crippen molar-refractivity contribution >= 4 is 5.91 Å². The minimum Gasteiger partial charge on any atom is -0.342 e. The highest BCUT2D eigenvalue weighted by molar-refractivity contribution is 5.73. The average molecular weight is 166 g/mol. The molecule has 66 valence electrons. The number of rotatable bonds is 0. The number of carbonyl (C=O) groups is 1. The summed E-state index contributed by atoms with van der Waals surface area (Å²) in [5.41, 5.74) is 0. The Balaban J connectivity index is 1.78. The van der Waals surface area contributed by atoms with E-state index >= 15 is 0 Å². The van der Waals surface area contributed by atoms with Gasteiger partial charge in [0, 0.05) is 32.1 Å². The summed E-state index contributed by atoms with van der Waals surface area (Å²) in [6.45, 7) is 3.70. The average Bonchev–Trinajstić information content (AvgIpc) is 2.39. The highest BCUT2D eigenvalue weighted by Crippen LogP contribution is 2.45. The van der Waals surface area contributed by atoms with Crippen molar-refractivity contribution in [3.8, 4) is 0 Å². The van der Waals surface area contributed by atoms with Gasteiger partial charge in [0.1, 0.15) is 0 Å². The molecule has 12 heavy (non-hydrogen) atoms. The van der Waals surface area contributed by atoms with Gasteiger partial charge in [-0.25, -0.2) is 0 Å². The molecule has 3 nitrogen and oxygen atoms in total. The third-order valence-corrected chi connectivity index (χ3v) is 3.83. The molecule has 3 saturated heterocycles. The van der Waals surface area contributed by atoms with Gasteiger partial charge in [-0.3, -0.25) is 4.79 Å². The zero-order valence-corrected chi connectivity index (χ0v) is 7.29. The van der Waals surface area contributed by atoms with Crippen LogP contribution in [-0.4, -0.2) is 36.0 Å². The van der Waals surface area contributed by atoms with Crippen LogP contribution in [0.4, 0.5) is 0 Å². The Morgan fingerprint density at radius 1 is 1.33 bits per heavy atom. The van der Waals surface area contributed by atoms with Crippen molar-refractivity contribution in [1.29, 1.82) is 0 Å². The lowest BCUT2D eigenvalue weighted by molar-refractivity contribution is -0.128. The highest BCUT2D eigenvalue weighted by atomic mass is 16.2. The largest absolute Gasteiger partial charge is 0.342 e. The second-order valence-corrected chi connectivity index (χ2v) is 4.37. The molecule has 4 fully saturated rings. The molecule has 0 aromatic carbocycles. The number of likely N-dealkylation sites (tertiary alicyclic amines) is 1. The van der Waals surface area contributed by atoms with Crippen LogP contribution in [0.1, 0.15) is 13.3 Å². The number of nitrogens with one attached hydrogen (secondary N) is 1. The van der Waals surface area contributed by atoms with Crippen molar-refractivity contribution in [2.45, 2.75) is 25.4 Å². The van der Waals surface area contributed by atoms with Crippen molar-refractivity contribution < 1.29 is 4.79 Å². The van der Waals surface area contributed by atoms with Crippen molar-refractivity contribution in [1.82, 2.24) is 10.2 Å². The Bertz CT molecular complexity index is 219. The van der Waals surface area contributed by atoms with Gasteiger partial charge in [0.05, 0.1) is 0 Å². The lowest BCUT2D eigenvalue weighted by Crippen LogP contribution is -2.49. The first-order chi connectivity index (χ1) is 5.75. The van der Waals surface area contributed by atoms with Crippen LogP contribution in [-0.2, 0) is 4.79 Å². The Kier molecular flexibility index (Phi) is 1.16. The first-order valence-electron chi connectivity index (χ1n) is 4.77. The van der Waals surface area contributed by atoms with Gasteiger partial charge in [0.2, 0.25) is 5.91 Å². The lowest BCUT2D eigenvalue weighted by Gasteiger charge is -2.31. The Morgan fingerprint density at radius 2 is 1.83 bits per heavy atom. The summed E-state index contributed by atoms with van der Waals surface area (Å²) < 4.78 is 0. The summed E-state index contributed by atoms with van der Waals surface area (Å²) in [5, 5.41) is 3.54. The van der Waals surface area contributed by atoms with E-state index in [4.69, 9.17) is 0 Å². The monoisotopic (exact) mass is 166 g/mol. The molecule has 1 saturated carbocycles. The summed E-state index contributed by atoms with van der Waals surface area (Å²) in [7, 11) is 0. The van der Waals surface area contributed by atoms with Crippen LogP contribution in [0.15, 0.2) is 0 Å². The van der Waals surface area contributed by atoms with E-state index < -0.39 is 0 Å². The van der Waals surface area contributed by atoms with Crippen LogP contribution < -0.4 is 5.32 Å². The van der Waals surface area contributed by atoms with Gasteiger partial charge in [-0.1, -0.05) is 0 Å². The zero-order valence-electron chi connectivity index (χ0n) is 7.29. The molecule has 0 aromatic heterocycles. The predicted octanol–water partition coefficient (Wildman–Crippen LogP) is -0.175. The molecule has 3 heteroatoms. The van der Waals surface area contributed by atoms with E-state index in [9.17, 15) is 4.79 Å². The van der Waals surface area contributed by atoms with Crippen LogP contribution >= 0.6 is 0 Å². The highest BCUT2D eigenvalue weighted by Gasteiger charge is 2.55. The fourth-order valence-corrected chi connectivity index (χ4v) is 3.08. The topological polar surface area (TPSA) is 32.3 Å². The van der Waals surface area contributed by atoms with E-state index in [2.05, 4.69) is 5.32 Å². The van der Waals surface area contributed by atoms with Crippen LogP contribution in [0.3, 0.4) is 0 Å². The third kappa shape index (κ3) is 0.678. The van der Waals surface area contributed by atoms with Gasteiger partial charge >= 0.3 is 0 Å². The second-order valence-electron chi connectivity index (χ2n) is 4.37. The Hall–Kier alpha value is -0.570. The molecule has 4 unspecified atom stereocenters. The molecule has 0 spiro atoms. The minimum atomic E-state index is 0.254. The fraction of sp³-hybridized carbons (Fsp3) is 0.889. The first-order valence-corrected chi connectivity index (χ1v) is 4.77. The molecule has 4 aliphatic rings. The molecule has 4 rings (SSSR count). The molecule has 4 atom stereocenters. The zero-order chi connectivity index (χ0) is 8.29. The molecule has 2 bridgehead atoms. The quantitative estimate of drug-likeness (QED) is 0.541. The molecule has 3 heterocycles. The van der Waals surface area contributed by atoms with Crippen LogP contribution in [0.2, 0.25) is 0 Å². The summed E-state index contributed by atoms with van der Waals surface area (Å²) in [6.07, 6.45) is 1.36. The number of hydrogen-bond donors (Lipinski definition) is 1. The molecular formula is C9H14N2O. The normalized spacial score (nSPS) is 48.9. The lowest BCUT2D eigenvalue weighted by atomic mass is 10.0. The van der Waals surface area contributed by atoms with Gasteiger partial charge in [-0.05, 0) is 18.3 Å². The molecule has 1 N–H and O–H groups in total. The van der Waals surface area contributed by atoms with E-state index in [-0.39, 0.29) is 5.91 Å². The summed E-state index contributed by atoms with van der Waals surface area (Å²) in [4.78, 5) is 13.1. The Labute approximate surface area is 72.1 Å². The van der Waals surface area contributed by atoms with E-state index in [1.54, 1.807) is 6.92 Å². The summed E-state index contributed by atoms with van der Waals surface area (Å²) in [5.74, 6) is 1.81. The van der Waals surface area contributed by atoms with E-state index in [0.29, 0.717) is 0 Å². The standard InChI is InChI=1S/C9H14N2O/c1-5(12)11-3-6-7(4-11)9-2-8(6)10-9/h6-10H,2-4H2,1H3. The summed E-state index contributed by atoms with van der Waals surface area (Å²) in [6, 6.07) is 1.48. The molecule has 0 aromatic rings. The maximum Gasteiger partial charge on any atom is 0.219 e. The predicted molar refractivity (Wildman–Crippen MR) is 44.6 cm³/mol. The SMILES string of the molecule is CC(=O)N1CC2C3CC(N3)C2C1. The summed E-state index contributed by atoms with van der Waals surface area (Å²) >= 11 is 0. The smallest absolute Gasteiger partial charge is 0.219 e. The third-order valence-electron chi connectivity index (χ3n) is 3.83. The van der Waals surface area contributed by atoms with Crippen molar-refractivity contribution in [3.63, 3.8) is 0 Å². The number of hydrogen-bond acceptors (Lipinski definition) is 2. The van der Waals surface area contributed by atoms with Crippen LogP contribution in [0.25, 0.3) is 0 Å². The molecule has 1 amide bonds. The van der Waals surface area contributed by atoms with Gasteiger partial charge in [0.15, 0.2) is 0 Å². The van der Waals surface area contributed by atoms with E-state index in [1.807, 2.05) is 4.90 Å². The maximum absolute atomic E-state index is 11.1. The molecule has 1 aliphatic carbocycles. The van der Waals surface area contributed by atoms with Crippen molar-refractivity contribution in [2.75, 3.05) is 13.1 Å². The number of carbonyl (C=O) groups excluding carboxylic acids is 1. The first kappa shape index (κ1) is 6.89. The van der Waals surface area contributed by atoms with Crippen LogP contribution in [0, 0.1) is 11.8 Å². The van der Waals surface area contributed by atoms with Crippen molar-refractivity contribution in [3.05, 3.63) is 0 Å². The minimum absolute atomic E-state index is 0.254. The fourth-order valence-electron chi connectivity index (χ4n) is 3.08. The van der Waals surface area contributed by atoms with Crippen molar-refractivity contribution in [2.24, 2.45) is 11.8 Å². The number of amides is 1. The van der Waals surface area contributed by atoms with Gasteiger partial charge < -0.3 is 10.2 Å². The Morgan fingerprint density at radius 3 is 2.25 bits per heavy atom. The second kappa shape index (κ2) is 2.02. The maximum atomic E-state index is 11.1.